The van der Waals surface area contributed by atoms with Gasteiger partial charge in [-0.15, -0.1) is 0 Å². The van der Waals surface area contributed by atoms with Crippen molar-refractivity contribution in [2.45, 2.75) is 6.18 Å². The van der Waals surface area contributed by atoms with Crippen molar-refractivity contribution >= 4 is 11.7 Å². The van der Waals surface area contributed by atoms with Crippen LogP contribution < -0.4 is 10.6 Å². The van der Waals surface area contributed by atoms with Crippen LogP contribution in [-0.4, -0.2) is 34.1 Å². The van der Waals surface area contributed by atoms with Crippen LogP contribution in [0.3, 0.4) is 0 Å². The van der Waals surface area contributed by atoms with Crippen LogP contribution >= 0.6 is 0 Å². The van der Waals surface area contributed by atoms with Gasteiger partial charge < -0.3 is 15.7 Å². The number of alkyl halides is 3. The second-order valence-corrected chi connectivity index (χ2v) is 4.28. The molecule has 6 nitrogen and oxygen atoms in total. The van der Waals surface area contributed by atoms with E-state index in [1.165, 1.54) is 24.3 Å². The van der Waals surface area contributed by atoms with Crippen LogP contribution in [0.1, 0.15) is 5.69 Å². The molecule has 22 heavy (non-hydrogen) atoms. The predicted octanol–water partition coefficient (Wildman–Crippen LogP) is 2.00. The summed E-state index contributed by atoms with van der Waals surface area (Å²) in [5, 5.41) is 17.1. The number of aliphatic hydroxyl groups excluding tert-OH is 1. The molecule has 3 N–H and O–H groups in total. The van der Waals surface area contributed by atoms with Crippen molar-refractivity contribution in [3.05, 3.63) is 42.2 Å². The van der Waals surface area contributed by atoms with E-state index in [1.807, 2.05) is 0 Å². The zero-order chi connectivity index (χ0) is 16.2. The summed E-state index contributed by atoms with van der Waals surface area (Å²) in [6, 6.07) is 6.09. The Labute approximate surface area is 123 Å². The molecule has 118 valence electrons. The molecule has 0 bridgehead atoms. The molecule has 1 aromatic carbocycles. The molecule has 2 amide bonds. The summed E-state index contributed by atoms with van der Waals surface area (Å²) < 4.78 is 39.1. The Kier molecular flexibility index (Phi) is 4.66. The lowest BCUT2D eigenvalue weighted by molar-refractivity contribution is -0.142. The lowest BCUT2D eigenvalue weighted by Gasteiger charge is -2.11. The molecule has 0 fully saturated rings. The van der Waals surface area contributed by atoms with Crippen molar-refractivity contribution in [3.8, 4) is 5.69 Å². The highest BCUT2D eigenvalue weighted by atomic mass is 19.4. The largest absolute Gasteiger partial charge is 0.433 e. The number of benzene rings is 1. The molecule has 0 atom stereocenters. The number of amides is 2. The zero-order valence-corrected chi connectivity index (χ0v) is 11.3. The normalized spacial score (nSPS) is 11.3. The average Bonchev–Trinajstić information content (AvgIpc) is 2.95. The third kappa shape index (κ3) is 3.76. The van der Waals surface area contributed by atoms with E-state index in [0.717, 1.165) is 16.9 Å². The summed E-state index contributed by atoms with van der Waals surface area (Å²) >= 11 is 0. The number of hydrogen-bond acceptors (Lipinski definition) is 3. The number of hydrogen-bond donors (Lipinski definition) is 3. The number of nitrogens with one attached hydrogen (secondary N) is 2. The van der Waals surface area contributed by atoms with Gasteiger partial charge in [0.25, 0.3) is 0 Å². The van der Waals surface area contributed by atoms with Crippen molar-refractivity contribution in [2.75, 3.05) is 18.5 Å². The molecule has 0 unspecified atom stereocenters. The highest BCUT2D eigenvalue weighted by Crippen LogP contribution is 2.30. The van der Waals surface area contributed by atoms with Crippen molar-refractivity contribution in [1.82, 2.24) is 15.1 Å². The number of urea groups is 1. The number of nitrogens with zero attached hydrogens (tertiary/aromatic N) is 2. The molecule has 9 heteroatoms. The quantitative estimate of drug-likeness (QED) is 0.807. The van der Waals surface area contributed by atoms with Gasteiger partial charge in [-0.05, 0) is 30.3 Å². The molecular weight excluding hydrogens is 301 g/mol. The summed E-state index contributed by atoms with van der Waals surface area (Å²) in [6.45, 7) is -0.0853. The Hall–Kier alpha value is -2.55. The molecule has 1 aromatic heterocycles. The van der Waals surface area contributed by atoms with Crippen LogP contribution in [0, 0.1) is 0 Å². The van der Waals surface area contributed by atoms with E-state index in [0.29, 0.717) is 5.69 Å². The Bertz CT molecular complexity index is 637. The minimum Gasteiger partial charge on any atom is -0.395 e. The zero-order valence-electron chi connectivity index (χ0n) is 11.3. The third-order valence-corrected chi connectivity index (χ3v) is 2.70. The number of aromatic nitrogens is 2. The van der Waals surface area contributed by atoms with Gasteiger partial charge in [0.1, 0.15) is 5.69 Å². The minimum atomic E-state index is -4.50. The molecule has 0 aliphatic rings. The van der Waals surface area contributed by atoms with Gasteiger partial charge in [0, 0.05) is 12.2 Å². The summed E-state index contributed by atoms with van der Waals surface area (Å²) in [5.41, 5.74) is -0.257. The van der Waals surface area contributed by atoms with E-state index in [9.17, 15) is 18.0 Å². The van der Waals surface area contributed by atoms with Crippen LogP contribution in [0.5, 0.6) is 0 Å². The maximum Gasteiger partial charge on any atom is 0.433 e. The van der Waals surface area contributed by atoms with Gasteiger partial charge in [0.05, 0.1) is 18.5 Å². The van der Waals surface area contributed by atoms with Gasteiger partial charge in [-0.1, -0.05) is 0 Å². The first-order chi connectivity index (χ1) is 10.4. The maximum absolute atomic E-state index is 12.8. The molecule has 0 aliphatic heterocycles. The van der Waals surface area contributed by atoms with E-state index in [-0.39, 0.29) is 18.8 Å². The van der Waals surface area contributed by atoms with E-state index >= 15 is 0 Å². The fourth-order valence-corrected chi connectivity index (χ4v) is 1.75. The van der Waals surface area contributed by atoms with Gasteiger partial charge in [0.2, 0.25) is 0 Å². The molecule has 0 aliphatic carbocycles. The van der Waals surface area contributed by atoms with E-state index in [2.05, 4.69) is 15.7 Å². The average molecular weight is 314 g/mol. The van der Waals surface area contributed by atoms with Crippen LogP contribution in [-0.2, 0) is 6.18 Å². The third-order valence-electron chi connectivity index (χ3n) is 2.70. The van der Waals surface area contributed by atoms with Crippen molar-refractivity contribution in [3.63, 3.8) is 0 Å². The molecule has 2 rings (SSSR count). The Morgan fingerprint density at radius 3 is 2.50 bits per heavy atom. The van der Waals surface area contributed by atoms with Crippen molar-refractivity contribution < 1.29 is 23.1 Å². The standard InChI is InChI=1S/C13H13F3N4O2/c14-13(15,16)11-5-6-18-20(11)10-3-1-9(2-4-10)19-12(22)17-7-8-21/h1-6,21H,7-8H2,(H2,17,19,22). The van der Waals surface area contributed by atoms with Crippen molar-refractivity contribution in [2.24, 2.45) is 0 Å². The van der Waals surface area contributed by atoms with Crippen molar-refractivity contribution in [1.29, 1.82) is 0 Å². The summed E-state index contributed by atoms with van der Waals surface area (Å²) in [5.74, 6) is 0. The Balaban J connectivity index is 2.13. The summed E-state index contributed by atoms with van der Waals surface area (Å²) in [4.78, 5) is 11.4. The first kappa shape index (κ1) is 15.8. The smallest absolute Gasteiger partial charge is 0.395 e. The molecule has 2 aromatic rings. The van der Waals surface area contributed by atoms with Crippen LogP contribution in [0.2, 0.25) is 0 Å². The van der Waals surface area contributed by atoms with E-state index in [1.54, 1.807) is 0 Å². The Morgan fingerprint density at radius 1 is 1.23 bits per heavy atom. The fourth-order valence-electron chi connectivity index (χ4n) is 1.75. The predicted molar refractivity (Wildman–Crippen MR) is 72.7 cm³/mol. The lowest BCUT2D eigenvalue weighted by Crippen LogP contribution is -2.30. The van der Waals surface area contributed by atoms with Gasteiger partial charge in [-0.3, -0.25) is 0 Å². The molecule has 0 saturated heterocycles. The van der Waals surface area contributed by atoms with Gasteiger partial charge in [0.15, 0.2) is 0 Å². The first-order valence-corrected chi connectivity index (χ1v) is 6.29. The number of rotatable bonds is 4. The highest BCUT2D eigenvalue weighted by molar-refractivity contribution is 5.89. The summed E-state index contributed by atoms with van der Waals surface area (Å²) in [7, 11) is 0. The Morgan fingerprint density at radius 2 is 1.91 bits per heavy atom. The monoisotopic (exact) mass is 314 g/mol. The molecule has 0 saturated carbocycles. The SMILES string of the molecule is O=C(NCCO)Nc1ccc(-n2nccc2C(F)(F)F)cc1. The first-order valence-electron chi connectivity index (χ1n) is 6.29. The van der Waals surface area contributed by atoms with E-state index in [4.69, 9.17) is 5.11 Å². The fraction of sp³-hybridized carbons (Fsp3) is 0.231. The molecule has 0 radical (unpaired) electrons. The van der Waals surface area contributed by atoms with Crippen LogP contribution in [0.4, 0.5) is 23.7 Å². The number of aliphatic hydroxyl groups is 1. The number of anilines is 1. The van der Waals surface area contributed by atoms with Crippen LogP contribution in [0.25, 0.3) is 5.69 Å². The molecule has 1 heterocycles. The minimum absolute atomic E-state index is 0.103. The topological polar surface area (TPSA) is 79.2 Å². The number of carbonyl (C=O) groups is 1. The van der Waals surface area contributed by atoms with Crippen LogP contribution in [0.15, 0.2) is 36.5 Å². The highest BCUT2D eigenvalue weighted by Gasteiger charge is 2.35. The second-order valence-electron chi connectivity index (χ2n) is 4.28. The molecule has 0 spiro atoms. The maximum atomic E-state index is 12.8. The number of halogens is 3. The second kappa shape index (κ2) is 6.48. The van der Waals surface area contributed by atoms with Gasteiger partial charge >= 0.3 is 12.2 Å². The number of carbonyl (C=O) groups excluding carboxylic acids is 1. The van der Waals surface area contributed by atoms with Gasteiger partial charge in [-0.2, -0.15) is 18.3 Å². The lowest BCUT2D eigenvalue weighted by atomic mass is 10.2. The van der Waals surface area contributed by atoms with Gasteiger partial charge in [-0.25, -0.2) is 9.48 Å². The molecular formula is C13H13F3N4O2. The summed E-state index contributed by atoms with van der Waals surface area (Å²) in [6.07, 6.45) is -3.44. The van der Waals surface area contributed by atoms with E-state index < -0.39 is 17.9 Å².